The number of benzene rings is 2. The second kappa shape index (κ2) is 12.1. The van der Waals surface area contributed by atoms with Crippen LogP contribution in [-0.2, 0) is 17.6 Å². The molecule has 0 bridgehead atoms. The molecule has 5 N–H and O–H groups in total. The number of hydrogen-bond acceptors (Lipinski definition) is 5. The Bertz CT molecular complexity index is 738. The third-order valence-electron chi connectivity index (χ3n) is 4.42. The first-order chi connectivity index (χ1) is 13.6. The van der Waals surface area contributed by atoms with Crippen molar-refractivity contribution in [3.05, 3.63) is 82.9 Å². The Kier molecular flexibility index (Phi) is 9.45. The van der Waals surface area contributed by atoms with Crippen LogP contribution in [0.4, 0.5) is 4.79 Å². The Hall–Kier alpha value is -2.44. The summed E-state index contributed by atoms with van der Waals surface area (Å²) in [7, 11) is 0. The van der Waals surface area contributed by atoms with Crippen LogP contribution in [0.3, 0.4) is 0 Å². The second-order valence-corrected chi connectivity index (χ2v) is 7.37. The van der Waals surface area contributed by atoms with Crippen molar-refractivity contribution in [2.45, 2.75) is 37.8 Å². The van der Waals surface area contributed by atoms with Crippen molar-refractivity contribution in [2.75, 3.05) is 6.61 Å². The van der Waals surface area contributed by atoms with Gasteiger partial charge in [0.15, 0.2) is 0 Å². The molecule has 28 heavy (non-hydrogen) atoms. The van der Waals surface area contributed by atoms with Gasteiger partial charge in [-0.25, -0.2) is 4.79 Å². The van der Waals surface area contributed by atoms with Gasteiger partial charge < -0.3 is 21.5 Å². The molecule has 0 saturated carbocycles. The maximum absolute atomic E-state index is 12.1. The number of carbonyl (C=O) groups excluding carboxylic acids is 1. The normalized spacial score (nSPS) is 13.6. The summed E-state index contributed by atoms with van der Waals surface area (Å²) in [5.74, 6) is 0. The minimum absolute atomic E-state index is 0.0303. The van der Waals surface area contributed by atoms with E-state index < -0.39 is 6.09 Å². The summed E-state index contributed by atoms with van der Waals surface area (Å²) < 4.78 is 5.16. The first-order valence-corrected chi connectivity index (χ1v) is 9.88. The molecular weight excluding hydrogens is 370 g/mol. The van der Waals surface area contributed by atoms with Crippen molar-refractivity contribution >= 4 is 18.7 Å². The highest BCUT2D eigenvalue weighted by Gasteiger charge is 2.16. The highest BCUT2D eigenvalue weighted by molar-refractivity contribution is 7.84. The molecule has 0 heterocycles. The summed E-state index contributed by atoms with van der Waals surface area (Å²) in [4.78, 5) is 12.6. The molecule has 0 aromatic heterocycles. The molecule has 1 amide bonds. The Morgan fingerprint density at radius 3 is 2.14 bits per heavy atom. The lowest BCUT2D eigenvalue weighted by Crippen LogP contribution is -2.38. The highest BCUT2D eigenvalue weighted by Crippen LogP contribution is 2.12. The molecule has 0 unspecified atom stereocenters. The first kappa shape index (κ1) is 21.9. The number of nitrogens with one attached hydrogen (secondary N) is 1. The van der Waals surface area contributed by atoms with Crippen LogP contribution in [0.15, 0.2) is 71.8 Å². The third-order valence-corrected chi connectivity index (χ3v) is 4.70. The van der Waals surface area contributed by atoms with Crippen LogP contribution in [0.25, 0.3) is 0 Å². The van der Waals surface area contributed by atoms with Gasteiger partial charge in [0.1, 0.15) is 6.61 Å². The van der Waals surface area contributed by atoms with Crippen molar-refractivity contribution in [2.24, 2.45) is 11.5 Å². The monoisotopic (exact) mass is 399 g/mol. The van der Waals surface area contributed by atoms with Crippen LogP contribution in [0, 0.1) is 0 Å². The minimum atomic E-state index is -0.481. The van der Waals surface area contributed by atoms with Crippen molar-refractivity contribution < 1.29 is 9.53 Å². The van der Waals surface area contributed by atoms with E-state index in [2.05, 4.69) is 30.1 Å². The number of amides is 1. The minimum Gasteiger partial charge on any atom is -0.444 e. The van der Waals surface area contributed by atoms with Gasteiger partial charge in [0.25, 0.3) is 0 Å². The van der Waals surface area contributed by atoms with Crippen LogP contribution in [-0.4, -0.2) is 24.8 Å². The van der Waals surface area contributed by atoms with Gasteiger partial charge in [0.2, 0.25) is 0 Å². The van der Waals surface area contributed by atoms with E-state index in [0.717, 1.165) is 24.8 Å². The fraction of sp³-hybridized carbons (Fsp3) is 0.318. The van der Waals surface area contributed by atoms with E-state index in [1.54, 1.807) is 0 Å². The average Bonchev–Trinajstić information content (AvgIpc) is 2.71. The van der Waals surface area contributed by atoms with Gasteiger partial charge in [-0.15, -0.1) is 12.6 Å². The van der Waals surface area contributed by atoms with Crippen molar-refractivity contribution in [1.29, 1.82) is 0 Å². The fourth-order valence-corrected chi connectivity index (χ4v) is 3.02. The third kappa shape index (κ3) is 8.50. The zero-order valence-corrected chi connectivity index (χ0v) is 16.9. The van der Waals surface area contributed by atoms with Crippen molar-refractivity contribution in [1.82, 2.24) is 5.32 Å². The second-order valence-electron chi connectivity index (χ2n) is 6.79. The molecule has 5 nitrogen and oxygen atoms in total. The summed E-state index contributed by atoms with van der Waals surface area (Å²) in [5, 5.41) is 2.95. The summed E-state index contributed by atoms with van der Waals surface area (Å²) >= 11 is 4.11. The number of alkyl carbamates (subject to hydrolysis) is 1. The largest absolute Gasteiger partial charge is 0.444 e. The lowest BCUT2D eigenvalue weighted by molar-refractivity contribution is 0.152. The Balaban J connectivity index is 1.90. The lowest BCUT2D eigenvalue weighted by Gasteiger charge is -2.21. The Morgan fingerprint density at radius 1 is 1.00 bits per heavy atom. The van der Waals surface area contributed by atoms with Gasteiger partial charge in [-0.3, -0.25) is 0 Å². The van der Waals surface area contributed by atoms with Gasteiger partial charge >= 0.3 is 6.09 Å². The zero-order chi connectivity index (χ0) is 20.2. The topological polar surface area (TPSA) is 90.4 Å². The summed E-state index contributed by atoms with van der Waals surface area (Å²) in [5.41, 5.74) is 14.0. The van der Waals surface area contributed by atoms with Gasteiger partial charge in [-0.05, 0) is 36.8 Å². The van der Waals surface area contributed by atoms with Crippen LogP contribution in [0.2, 0.25) is 0 Å². The van der Waals surface area contributed by atoms with E-state index in [-0.39, 0.29) is 18.7 Å². The molecule has 2 atom stereocenters. The molecule has 2 aromatic rings. The average molecular weight is 400 g/mol. The number of carbonyl (C=O) groups is 1. The first-order valence-electron chi connectivity index (χ1n) is 9.43. The standard InChI is InChI=1S/C22H29N3O2S/c23-15-21(28)16-27-22(26)25-20(14-18-9-5-2-6-10-18)12-11-19(24)13-17-7-3-1-4-8-17/h1-10,15,19-20,28H,11-14,16,23-24H2,(H,25,26)/b21-15-/t19-,20-/m1/s1. The van der Waals surface area contributed by atoms with E-state index in [9.17, 15) is 4.79 Å². The molecule has 6 heteroatoms. The smallest absolute Gasteiger partial charge is 0.407 e. The maximum atomic E-state index is 12.1. The Morgan fingerprint density at radius 2 is 1.57 bits per heavy atom. The molecule has 0 spiro atoms. The number of hydrogen-bond donors (Lipinski definition) is 4. The predicted molar refractivity (Wildman–Crippen MR) is 117 cm³/mol. The molecule has 2 aromatic carbocycles. The molecule has 0 radical (unpaired) electrons. The molecule has 0 saturated heterocycles. The van der Waals surface area contributed by atoms with E-state index >= 15 is 0 Å². The molecule has 0 aliphatic heterocycles. The van der Waals surface area contributed by atoms with E-state index in [1.165, 1.54) is 11.8 Å². The van der Waals surface area contributed by atoms with Crippen LogP contribution in [0.1, 0.15) is 24.0 Å². The van der Waals surface area contributed by atoms with Crippen molar-refractivity contribution in [3.63, 3.8) is 0 Å². The van der Waals surface area contributed by atoms with Gasteiger partial charge in [0.05, 0.1) is 0 Å². The summed E-state index contributed by atoms with van der Waals surface area (Å²) in [6.07, 6.45) is 3.92. The molecule has 2 rings (SSSR count). The predicted octanol–water partition coefficient (Wildman–Crippen LogP) is 3.40. The van der Waals surface area contributed by atoms with Crippen LogP contribution >= 0.6 is 12.6 Å². The molecule has 150 valence electrons. The Labute approximate surface area is 172 Å². The van der Waals surface area contributed by atoms with Gasteiger partial charge in [-0.1, -0.05) is 60.7 Å². The lowest BCUT2D eigenvalue weighted by atomic mass is 9.96. The zero-order valence-electron chi connectivity index (χ0n) is 16.0. The number of rotatable bonds is 10. The quantitative estimate of drug-likeness (QED) is 0.461. The molecule has 0 aliphatic rings. The molecular formula is C22H29N3O2S. The number of ether oxygens (including phenoxy) is 1. The van der Waals surface area contributed by atoms with Gasteiger partial charge in [-0.2, -0.15) is 0 Å². The van der Waals surface area contributed by atoms with Crippen LogP contribution in [0.5, 0.6) is 0 Å². The number of nitrogens with two attached hydrogens (primary N) is 2. The SMILES string of the molecule is N/C=C(\S)COC(=O)N[C@H](CC[C@@H](N)Cc1ccccc1)Cc1ccccc1. The van der Waals surface area contributed by atoms with E-state index in [1.807, 2.05) is 48.5 Å². The van der Waals surface area contributed by atoms with E-state index in [0.29, 0.717) is 11.3 Å². The molecule has 0 aliphatic carbocycles. The van der Waals surface area contributed by atoms with E-state index in [4.69, 9.17) is 16.2 Å². The van der Waals surface area contributed by atoms with Crippen molar-refractivity contribution in [3.8, 4) is 0 Å². The van der Waals surface area contributed by atoms with Gasteiger partial charge in [0, 0.05) is 23.2 Å². The fourth-order valence-electron chi connectivity index (χ4n) is 2.95. The highest BCUT2D eigenvalue weighted by atomic mass is 32.1. The maximum Gasteiger partial charge on any atom is 0.407 e. The molecule has 0 fully saturated rings. The summed E-state index contributed by atoms with van der Waals surface area (Å²) in [6, 6.07) is 20.2. The number of thiol groups is 1. The van der Waals surface area contributed by atoms with Crippen LogP contribution < -0.4 is 16.8 Å². The summed E-state index contributed by atoms with van der Waals surface area (Å²) in [6.45, 7) is 0.0526.